The predicted molar refractivity (Wildman–Crippen MR) is 60.8 cm³/mol. The Kier molecular flexibility index (Phi) is 2.52. The number of fused-ring (bicyclic) bond motifs is 1. The maximum atomic E-state index is 11.8. The average molecular weight is 216 g/mol. The van der Waals surface area contributed by atoms with Gasteiger partial charge in [-0.15, -0.1) is 0 Å². The van der Waals surface area contributed by atoms with Crippen LogP contribution in [0.2, 0.25) is 0 Å². The lowest BCUT2D eigenvalue weighted by atomic mass is 9.97. The number of hydrogen-bond donors (Lipinski definition) is 1. The summed E-state index contributed by atoms with van der Waals surface area (Å²) in [7, 11) is 0. The monoisotopic (exact) mass is 216 g/mol. The van der Waals surface area contributed by atoms with Crippen LogP contribution < -0.4 is 4.74 Å². The van der Waals surface area contributed by atoms with E-state index >= 15 is 0 Å². The van der Waals surface area contributed by atoms with Crippen LogP contribution in [-0.4, -0.2) is 17.0 Å². The Bertz CT molecular complexity index is 474. The molecule has 0 radical (unpaired) electrons. The van der Waals surface area contributed by atoms with Crippen LogP contribution in [0.15, 0.2) is 43.0 Å². The van der Waals surface area contributed by atoms with Gasteiger partial charge in [0.1, 0.15) is 17.6 Å². The molecule has 3 nitrogen and oxygen atoms in total. The van der Waals surface area contributed by atoms with E-state index in [1.807, 2.05) is 0 Å². The number of benzene rings is 1. The van der Waals surface area contributed by atoms with E-state index in [9.17, 15) is 9.90 Å². The van der Waals surface area contributed by atoms with Crippen LogP contribution >= 0.6 is 0 Å². The van der Waals surface area contributed by atoms with Crippen molar-refractivity contribution in [3.8, 4) is 11.5 Å². The van der Waals surface area contributed by atoms with Gasteiger partial charge < -0.3 is 9.84 Å². The van der Waals surface area contributed by atoms with Gasteiger partial charge in [0.2, 0.25) is 0 Å². The number of carbonyl (C=O) groups excluding carboxylic acids is 1. The Morgan fingerprint density at radius 3 is 3.00 bits per heavy atom. The highest BCUT2D eigenvalue weighted by Gasteiger charge is 2.27. The molecule has 0 amide bonds. The first-order chi connectivity index (χ1) is 7.61. The molecule has 0 fully saturated rings. The molecule has 1 aromatic rings. The highest BCUT2D eigenvalue weighted by molar-refractivity contribution is 6.00. The van der Waals surface area contributed by atoms with Crippen LogP contribution in [0.25, 0.3) is 0 Å². The molecule has 1 aliphatic heterocycles. The molecule has 1 N–H and O–H groups in total. The predicted octanol–water partition coefficient (Wildman–Crippen LogP) is 2.47. The van der Waals surface area contributed by atoms with Gasteiger partial charge in [0, 0.05) is 0 Å². The second kappa shape index (κ2) is 3.85. The number of hydrogen-bond acceptors (Lipinski definition) is 3. The molecule has 1 aromatic carbocycles. The first-order valence-electron chi connectivity index (χ1n) is 4.96. The summed E-state index contributed by atoms with van der Waals surface area (Å²) in [5, 5.41) is 9.29. The number of carbonyl (C=O) groups is 1. The normalized spacial score (nSPS) is 18.5. The number of phenols is 1. The van der Waals surface area contributed by atoms with Gasteiger partial charge in [0.05, 0.1) is 12.0 Å². The fraction of sp³-hybridized carbons (Fsp3) is 0.154. The smallest absolute Gasteiger partial charge is 0.170 e. The van der Waals surface area contributed by atoms with Crippen LogP contribution in [0.3, 0.4) is 0 Å². The molecule has 1 unspecified atom stereocenters. The zero-order valence-corrected chi connectivity index (χ0v) is 8.77. The van der Waals surface area contributed by atoms with E-state index < -0.39 is 0 Å². The lowest BCUT2D eigenvalue weighted by Crippen LogP contribution is -2.27. The molecule has 0 saturated carbocycles. The summed E-state index contributed by atoms with van der Waals surface area (Å²) in [5.74, 6) is 0.504. The minimum absolute atomic E-state index is 0.0508. The minimum Gasteiger partial charge on any atom is -0.508 e. The lowest BCUT2D eigenvalue weighted by Gasteiger charge is -2.25. The summed E-state index contributed by atoms with van der Waals surface area (Å²) in [6.07, 6.45) is 1.48. The largest absolute Gasteiger partial charge is 0.508 e. The molecule has 2 rings (SSSR count). The number of phenolic OH excluding ortho intramolecular Hbond substituents is 1. The molecule has 0 spiro atoms. The van der Waals surface area contributed by atoms with Gasteiger partial charge in [0.25, 0.3) is 0 Å². The number of ether oxygens (including phenoxy) is 1. The van der Waals surface area contributed by atoms with Crippen LogP contribution in [0.4, 0.5) is 0 Å². The number of rotatable bonds is 2. The maximum Gasteiger partial charge on any atom is 0.170 e. The maximum absolute atomic E-state index is 11.8. The Hall–Kier alpha value is -2.03. The van der Waals surface area contributed by atoms with Gasteiger partial charge in [0.15, 0.2) is 5.78 Å². The van der Waals surface area contributed by atoms with Crippen LogP contribution in [0, 0.1) is 0 Å². The molecule has 1 heterocycles. The van der Waals surface area contributed by atoms with E-state index in [4.69, 9.17) is 4.74 Å². The molecule has 82 valence electrons. The summed E-state index contributed by atoms with van der Waals surface area (Å²) < 4.78 is 5.61. The third kappa shape index (κ3) is 1.72. The van der Waals surface area contributed by atoms with Crippen molar-refractivity contribution < 1.29 is 14.6 Å². The van der Waals surface area contributed by atoms with Gasteiger partial charge in [-0.2, -0.15) is 0 Å². The molecule has 16 heavy (non-hydrogen) atoms. The summed E-state index contributed by atoms with van der Waals surface area (Å²) in [6.45, 7) is 7.38. The van der Waals surface area contributed by atoms with Crippen LogP contribution in [-0.2, 0) is 0 Å². The zero-order valence-electron chi connectivity index (χ0n) is 8.77. The molecule has 0 aliphatic carbocycles. The topological polar surface area (TPSA) is 46.5 Å². The third-order valence-corrected chi connectivity index (χ3v) is 2.58. The second-order valence-corrected chi connectivity index (χ2v) is 3.69. The quantitative estimate of drug-likeness (QED) is 0.772. The summed E-state index contributed by atoms with van der Waals surface area (Å²) in [6, 6.07) is 4.50. The second-order valence-electron chi connectivity index (χ2n) is 3.69. The van der Waals surface area contributed by atoms with E-state index in [1.165, 1.54) is 12.1 Å². The molecule has 1 aliphatic rings. The molecule has 1 atom stereocenters. The Morgan fingerprint density at radius 2 is 2.31 bits per heavy atom. The van der Waals surface area contributed by atoms with Crippen molar-refractivity contribution in [3.63, 3.8) is 0 Å². The van der Waals surface area contributed by atoms with Gasteiger partial charge in [-0.25, -0.2) is 0 Å². The van der Waals surface area contributed by atoms with E-state index in [0.717, 1.165) is 0 Å². The van der Waals surface area contributed by atoms with E-state index in [2.05, 4.69) is 13.2 Å². The van der Waals surface area contributed by atoms with Crippen LogP contribution in [0.1, 0.15) is 16.8 Å². The standard InChI is InChI=1S/C13H12O3/c1-3-8(2)13-7-11(15)10-6-9(14)4-5-12(10)16-13/h3-6,13-14H,1-2,7H2. The molecule has 0 saturated heterocycles. The first-order valence-corrected chi connectivity index (χ1v) is 4.96. The first kappa shape index (κ1) is 10.5. The van der Waals surface area contributed by atoms with Crippen LogP contribution in [0.5, 0.6) is 11.5 Å². The minimum atomic E-state index is -0.345. The van der Waals surface area contributed by atoms with Gasteiger partial charge >= 0.3 is 0 Å². The molecule has 3 heteroatoms. The molecular weight excluding hydrogens is 204 g/mol. The number of ketones is 1. The Balaban J connectivity index is 2.37. The lowest BCUT2D eigenvalue weighted by molar-refractivity contribution is 0.0887. The summed E-state index contributed by atoms with van der Waals surface area (Å²) in [5.41, 5.74) is 1.11. The fourth-order valence-corrected chi connectivity index (χ4v) is 1.65. The van der Waals surface area contributed by atoms with E-state index in [-0.39, 0.29) is 24.1 Å². The van der Waals surface area contributed by atoms with Crippen molar-refractivity contribution in [2.45, 2.75) is 12.5 Å². The van der Waals surface area contributed by atoms with Crippen molar-refractivity contribution in [1.82, 2.24) is 0 Å². The third-order valence-electron chi connectivity index (χ3n) is 2.58. The van der Waals surface area contributed by atoms with Gasteiger partial charge in [-0.05, 0) is 23.8 Å². The van der Waals surface area contributed by atoms with Crippen molar-refractivity contribution >= 4 is 5.78 Å². The Morgan fingerprint density at radius 1 is 1.56 bits per heavy atom. The average Bonchev–Trinajstić information content (AvgIpc) is 2.28. The molecule has 0 aromatic heterocycles. The highest BCUT2D eigenvalue weighted by Crippen LogP contribution is 2.32. The molecular formula is C13H12O3. The van der Waals surface area contributed by atoms with Crippen molar-refractivity contribution in [3.05, 3.63) is 48.6 Å². The number of Topliss-reactive ketones (excluding diaryl/α,β-unsaturated/α-hetero) is 1. The highest BCUT2D eigenvalue weighted by atomic mass is 16.5. The summed E-state index contributed by atoms with van der Waals surface area (Å²) >= 11 is 0. The fourth-order valence-electron chi connectivity index (χ4n) is 1.65. The van der Waals surface area contributed by atoms with Gasteiger partial charge in [-0.1, -0.05) is 19.2 Å². The Labute approximate surface area is 93.7 Å². The summed E-state index contributed by atoms with van der Waals surface area (Å²) in [4.78, 5) is 11.8. The van der Waals surface area contributed by atoms with Crippen molar-refractivity contribution in [1.29, 1.82) is 0 Å². The van der Waals surface area contributed by atoms with Crippen molar-refractivity contribution in [2.24, 2.45) is 0 Å². The van der Waals surface area contributed by atoms with E-state index in [0.29, 0.717) is 16.9 Å². The van der Waals surface area contributed by atoms with Crippen molar-refractivity contribution in [2.75, 3.05) is 0 Å². The van der Waals surface area contributed by atoms with Gasteiger partial charge in [-0.3, -0.25) is 4.79 Å². The number of aromatic hydroxyl groups is 1. The molecule has 0 bridgehead atoms. The SMILES string of the molecule is C=CC(=C)C1CC(=O)c2cc(O)ccc2O1. The van der Waals surface area contributed by atoms with E-state index in [1.54, 1.807) is 12.1 Å². The zero-order chi connectivity index (χ0) is 11.7.